The molecule has 3 rings (SSSR count). The van der Waals surface area contributed by atoms with Gasteiger partial charge in [-0.1, -0.05) is 12.1 Å². The van der Waals surface area contributed by atoms with Gasteiger partial charge >= 0.3 is 6.03 Å². The Labute approximate surface area is 165 Å². The summed E-state index contributed by atoms with van der Waals surface area (Å²) >= 11 is 0. The Morgan fingerprint density at radius 3 is 2.54 bits per heavy atom. The molecule has 1 aliphatic heterocycles. The molecule has 7 nitrogen and oxygen atoms in total. The molecular formula is C21H27N5O2. The average Bonchev–Trinajstić information content (AvgIpc) is 2.70. The van der Waals surface area contributed by atoms with Crippen LogP contribution in [0, 0.1) is 6.92 Å². The molecule has 0 atom stereocenters. The van der Waals surface area contributed by atoms with Crippen molar-refractivity contribution >= 4 is 23.4 Å². The van der Waals surface area contributed by atoms with E-state index in [-0.39, 0.29) is 18.0 Å². The Morgan fingerprint density at radius 2 is 1.89 bits per heavy atom. The number of carbonyl (C=O) groups is 2. The molecule has 28 heavy (non-hydrogen) atoms. The summed E-state index contributed by atoms with van der Waals surface area (Å²) in [5, 5.41) is 5.93. The topological polar surface area (TPSA) is 77.6 Å². The quantitative estimate of drug-likeness (QED) is 0.854. The van der Waals surface area contributed by atoms with Crippen molar-refractivity contribution in [2.75, 3.05) is 37.4 Å². The van der Waals surface area contributed by atoms with E-state index < -0.39 is 0 Å². The molecule has 7 heteroatoms. The lowest BCUT2D eigenvalue weighted by Crippen LogP contribution is -2.46. The molecule has 1 aromatic heterocycles. The van der Waals surface area contributed by atoms with Gasteiger partial charge in [0, 0.05) is 50.7 Å². The number of rotatable bonds is 4. The fourth-order valence-electron chi connectivity index (χ4n) is 3.29. The minimum absolute atomic E-state index is 0.0923. The lowest BCUT2D eigenvalue weighted by Gasteiger charge is -2.33. The number of nitrogens with zero attached hydrogens (tertiary/aromatic N) is 3. The van der Waals surface area contributed by atoms with Crippen LogP contribution in [-0.4, -0.2) is 55.0 Å². The van der Waals surface area contributed by atoms with Crippen LogP contribution in [0.5, 0.6) is 0 Å². The molecule has 0 spiro atoms. The zero-order valence-corrected chi connectivity index (χ0v) is 16.6. The van der Waals surface area contributed by atoms with E-state index in [0.29, 0.717) is 11.3 Å². The molecule has 3 amide bonds. The van der Waals surface area contributed by atoms with Crippen LogP contribution in [0.25, 0.3) is 0 Å². The van der Waals surface area contributed by atoms with Gasteiger partial charge in [0.1, 0.15) is 5.82 Å². The zero-order chi connectivity index (χ0) is 20.1. The van der Waals surface area contributed by atoms with Crippen molar-refractivity contribution in [2.24, 2.45) is 0 Å². The summed E-state index contributed by atoms with van der Waals surface area (Å²) in [6, 6.07) is 11.1. The summed E-state index contributed by atoms with van der Waals surface area (Å²) in [4.78, 5) is 32.7. The van der Waals surface area contributed by atoms with E-state index >= 15 is 0 Å². The van der Waals surface area contributed by atoms with Crippen LogP contribution in [0.2, 0.25) is 0 Å². The zero-order valence-electron chi connectivity index (χ0n) is 16.6. The number of carbonyl (C=O) groups excluding carboxylic acids is 2. The number of hydrogen-bond donors (Lipinski definition) is 2. The largest absolute Gasteiger partial charge is 0.356 e. The highest BCUT2D eigenvalue weighted by molar-refractivity contribution is 5.97. The van der Waals surface area contributed by atoms with Gasteiger partial charge in [0.2, 0.25) is 0 Å². The van der Waals surface area contributed by atoms with Crippen molar-refractivity contribution in [3.63, 3.8) is 0 Å². The second-order valence-corrected chi connectivity index (χ2v) is 7.28. The van der Waals surface area contributed by atoms with E-state index in [1.54, 1.807) is 32.4 Å². The first-order chi connectivity index (χ1) is 13.4. The molecule has 0 aliphatic carbocycles. The number of nitrogens with one attached hydrogen (secondary N) is 2. The second-order valence-electron chi connectivity index (χ2n) is 7.28. The Morgan fingerprint density at radius 1 is 1.14 bits per heavy atom. The predicted molar refractivity (Wildman–Crippen MR) is 111 cm³/mol. The van der Waals surface area contributed by atoms with E-state index in [9.17, 15) is 9.59 Å². The van der Waals surface area contributed by atoms with Gasteiger partial charge in [-0.3, -0.25) is 4.79 Å². The van der Waals surface area contributed by atoms with Crippen molar-refractivity contribution in [1.29, 1.82) is 0 Å². The Hall–Kier alpha value is -3.09. The number of aryl methyl sites for hydroxylation is 1. The highest BCUT2D eigenvalue weighted by atomic mass is 16.2. The first kappa shape index (κ1) is 19.7. The van der Waals surface area contributed by atoms with Crippen molar-refractivity contribution < 1.29 is 9.59 Å². The molecule has 2 heterocycles. The maximum Gasteiger partial charge on any atom is 0.319 e. The van der Waals surface area contributed by atoms with Gasteiger partial charge in [0.15, 0.2) is 0 Å². The summed E-state index contributed by atoms with van der Waals surface area (Å²) in [6.07, 6.45) is 3.52. The number of pyridine rings is 1. The summed E-state index contributed by atoms with van der Waals surface area (Å²) < 4.78 is 0. The highest BCUT2D eigenvalue weighted by Crippen LogP contribution is 2.19. The fourth-order valence-corrected chi connectivity index (χ4v) is 3.29. The minimum Gasteiger partial charge on any atom is -0.356 e. The monoisotopic (exact) mass is 381 g/mol. The maximum absolute atomic E-state index is 12.5. The van der Waals surface area contributed by atoms with E-state index in [1.807, 2.05) is 31.2 Å². The summed E-state index contributed by atoms with van der Waals surface area (Å²) in [6.45, 7) is 3.62. The molecule has 1 fully saturated rings. The molecule has 2 N–H and O–H groups in total. The fraction of sp³-hybridized carbons (Fsp3) is 0.381. The number of benzene rings is 1. The third-order valence-corrected chi connectivity index (χ3v) is 4.94. The molecule has 2 aromatic rings. The molecule has 1 aliphatic rings. The molecule has 148 valence electrons. The van der Waals surface area contributed by atoms with Crippen molar-refractivity contribution in [3.8, 4) is 0 Å². The van der Waals surface area contributed by atoms with Gasteiger partial charge in [-0.15, -0.1) is 0 Å². The lowest BCUT2D eigenvalue weighted by atomic mass is 10.1. The average molecular weight is 381 g/mol. The van der Waals surface area contributed by atoms with Gasteiger partial charge in [0.05, 0.1) is 0 Å². The minimum atomic E-state index is -0.242. The third-order valence-electron chi connectivity index (χ3n) is 4.94. The molecule has 0 saturated carbocycles. The van der Waals surface area contributed by atoms with Crippen LogP contribution >= 0.6 is 0 Å². The maximum atomic E-state index is 12.5. The van der Waals surface area contributed by atoms with Crippen molar-refractivity contribution in [2.45, 2.75) is 25.8 Å². The summed E-state index contributed by atoms with van der Waals surface area (Å²) in [5.74, 6) is 0.883. The molecule has 1 saturated heterocycles. The summed E-state index contributed by atoms with van der Waals surface area (Å²) in [5.41, 5.74) is 2.11. The Kier molecular flexibility index (Phi) is 6.13. The second kappa shape index (κ2) is 8.73. The van der Waals surface area contributed by atoms with Gasteiger partial charge in [0.25, 0.3) is 5.91 Å². The van der Waals surface area contributed by atoms with Crippen LogP contribution in [0.4, 0.5) is 16.3 Å². The molecule has 0 bridgehead atoms. The predicted octanol–water partition coefficient (Wildman–Crippen LogP) is 2.88. The Balaban J connectivity index is 1.55. The Bertz CT molecular complexity index is 830. The highest BCUT2D eigenvalue weighted by Gasteiger charge is 2.21. The number of aromatic nitrogens is 1. The molecule has 0 radical (unpaired) electrons. The van der Waals surface area contributed by atoms with Crippen LogP contribution in [-0.2, 0) is 0 Å². The molecular weight excluding hydrogens is 354 g/mol. The van der Waals surface area contributed by atoms with Gasteiger partial charge in [-0.25, -0.2) is 9.78 Å². The number of amides is 3. The molecule has 1 aromatic carbocycles. The lowest BCUT2D eigenvalue weighted by molar-refractivity contribution is 0.0827. The molecule has 0 unspecified atom stereocenters. The smallest absolute Gasteiger partial charge is 0.319 e. The summed E-state index contributed by atoms with van der Waals surface area (Å²) in [7, 11) is 3.42. The standard InChI is InChI=1S/C21H27N5O2/c1-15-7-8-16(20(27)25(2)3)14-18(15)24-21(28)23-17-9-12-26(13-10-17)19-6-4-5-11-22-19/h4-8,11,14,17H,9-10,12-13H2,1-3H3,(H2,23,24,28). The van der Waals surface area contributed by atoms with Gasteiger partial charge in [-0.2, -0.15) is 0 Å². The first-order valence-electron chi connectivity index (χ1n) is 9.50. The van der Waals surface area contributed by atoms with Crippen LogP contribution in [0.1, 0.15) is 28.8 Å². The van der Waals surface area contributed by atoms with Crippen molar-refractivity contribution in [1.82, 2.24) is 15.2 Å². The SMILES string of the molecule is Cc1ccc(C(=O)N(C)C)cc1NC(=O)NC1CCN(c2ccccn2)CC1. The first-order valence-corrected chi connectivity index (χ1v) is 9.50. The normalized spacial score (nSPS) is 14.5. The van der Waals surface area contributed by atoms with E-state index in [0.717, 1.165) is 37.3 Å². The third kappa shape index (κ3) is 4.79. The van der Waals surface area contributed by atoms with Crippen LogP contribution in [0.3, 0.4) is 0 Å². The van der Waals surface area contributed by atoms with Crippen LogP contribution < -0.4 is 15.5 Å². The van der Waals surface area contributed by atoms with Crippen molar-refractivity contribution in [3.05, 3.63) is 53.7 Å². The van der Waals surface area contributed by atoms with Crippen LogP contribution in [0.15, 0.2) is 42.6 Å². The van der Waals surface area contributed by atoms with Gasteiger partial charge in [-0.05, 0) is 49.6 Å². The van der Waals surface area contributed by atoms with E-state index in [1.165, 1.54) is 4.90 Å². The van der Waals surface area contributed by atoms with E-state index in [2.05, 4.69) is 20.5 Å². The number of hydrogen-bond acceptors (Lipinski definition) is 4. The van der Waals surface area contributed by atoms with E-state index in [4.69, 9.17) is 0 Å². The number of piperidine rings is 1. The van der Waals surface area contributed by atoms with Gasteiger partial charge < -0.3 is 20.4 Å². The number of anilines is 2. The number of urea groups is 1.